The van der Waals surface area contributed by atoms with Crippen LogP contribution in [0.5, 0.6) is 5.88 Å². The topological polar surface area (TPSA) is 86.9 Å². The molecule has 0 aliphatic carbocycles. The summed E-state index contributed by atoms with van der Waals surface area (Å²) in [5, 5.41) is 12.5. The second-order valence-electron chi connectivity index (χ2n) is 8.83. The van der Waals surface area contributed by atoms with E-state index in [4.69, 9.17) is 4.74 Å². The van der Waals surface area contributed by atoms with Gasteiger partial charge < -0.3 is 10.1 Å². The number of carbonyl (C=O) groups is 1. The van der Waals surface area contributed by atoms with E-state index in [9.17, 15) is 4.79 Å². The Morgan fingerprint density at radius 1 is 1.06 bits per heavy atom. The van der Waals surface area contributed by atoms with Gasteiger partial charge in [0, 0.05) is 31.7 Å². The third-order valence-corrected chi connectivity index (χ3v) is 6.09. The molecule has 0 atom stereocenters. The molecule has 0 aliphatic rings. The molecular weight excluding hydrogens is 452 g/mol. The molecule has 182 valence electrons. The van der Waals surface area contributed by atoms with Crippen molar-refractivity contribution in [3.8, 4) is 17.0 Å². The molecule has 3 heterocycles. The summed E-state index contributed by atoms with van der Waals surface area (Å²) in [6, 6.07) is 20.4. The lowest BCUT2D eigenvalue weighted by Crippen LogP contribution is -2.28. The predicted molar refractivity (Wildman–Crippen MR) is 139 cm³/mol. The van der Waals surface area contributed by atoms with Crippen molar-refractivity contribution in [1.29, 1.82) is 0 Å². The summed E-state index contributed by atoms with van der Waals surface area (Å²) in [7, 11) is 1.82. The number of hydrogen-bond acceptors (Lipinski definition) is 5. The summed E-state index contributed by atoms with van der Waals surface area (Å²) in [6.07, 6.45) is 3.73. The molecule has 36 heavy (non-hydrogen) atoms. The Morgan fingerprint density at radius 3 is 2.64 bits per heavy atom. The Balaban J connectivity index is 1.23. The monoisotopic (exact) mass is 480 g/mol. The normalized spacial score (nSPS) is 11.1. The number of amides is 1. The molecule has 1 N–H and O–H groups in total. The second-order valence-corrected chi connectivity index (χ2v) is 8.83. The Bertz CT molecular complexity index is 1500. The molecule has 0 saturated heterocycles. The number of ether oxygens (including phenoxy) is 1. The van der Waals surface area contributed by atoms with Gasteiger partial charge in [-0.05, 0) is 53.8 Å². The molecule has 0 unspecified atom stereocenters. The molecule has 1 amide bonds. The maximum Gasteiger partial charge on any atom is 0.258 e. The lowest BCUT2D eigenvalue weighted by atomic mass is 9.98. The van der Waals surface area contributed by atoms with Gasteiger partial charge in [0.2, 0.25) is 5.88 Å². The van der Waals surface area contributed by atoms with Crippen LogP contribution in [0.1, 0.15) is 22.4 Å². The maximum atomic E-state index is 12.6. The average Bonchev–Trinajstić information content (AvgIpc) is 3.50. The Kier molecular flexibility index (Phi) is 6.49. The van der Waals surface area contributed by atoms with Gasteiger partial charge in [0.25, 0.3) is 5.91 Å². The number of nitrogens with zero attached hydrogens (tertiary/aromatic N) is 5. The van der Waals surface area contributed by atoms with Crippen molar-refractivity contribution in [2.24, 2.45) is 7.05 Å². The quantitative estimate of drug-likeness (QED) is 0.360. The first-order chi connectivity index (χ1) is 17.5. The molecular formula is C28H28N6O2. The molecule has 2 aromatic carbocycles. The van der Waals surface area contributed by atoms with E-state index in [0.29, 0.717) is 12.4 Å². The number of aryl methyl sites for hydroxylation is 3. The van der Waals surface area contributed by atoms with Crippen molar-refractivity contribution in [2.45, 2.75) is 26.9 Å². The van der Waals surface area contributed by atoms with Gasteiger partial charge in [-0.1, -0.05) is 48.5 Å². The first-order valence-electron chi connectivity index (χ1n) is 11.8. The van der Waals surface area contributed by atoms with Crippen LogP contribution in [0.15, 0.2) is 73.1 Å². The van der Waals surface area contributed by atoms with E-state index in [0.717, 1.165) is 45.5 Å². The molecule has 8 heteroatoms. The number of pyridine rings is 1. The highest BCUT2D eigenvalue weighted by Gasteiger charge is 2.16. The first-order valence-corrected chi connectivity index (χ1v) is 11.8. The van der Waals surface area contributed by atoms with Crippen LogP contribution in [0.4, 0.5) is 0 Å². The van der Waals surface area contributed by atoms with E-state index in [1.54, 1.807) is 10.9 Å². The Labute approximate surface area is 209 Å². The zero-order chi connectivity index (χ0) is 25.1. The van der Waals surface area contributed by atoms with E-state index >= 15 is 0 Å². The zero-order valence-corrected chi connectivity index (χ0v) is 20.6. The van der Waals surface area contributed by atoms with Gasteiger partial charge in [-0.15, -0.1) is 5.10 Å². The SMILES string of the molecule is Cc1cc(C)c2c(OCC(=O)NCc3ccccc3-c3ccc(Cn4cccn4)cc3)nn(C)c2n1. The molecule has 0 spiro atoms. The van der Waals surface area contributed by atoms with Gasteiger partial charge in [-0.25, -0.2) is 9.67 Å². The Hall–Kier alpha value is -4.46. The van der Waals surface area contributed by atoms with Crippen molar-refractivity contribution >= 4 is 16.9 Å². The summed E-state index contributed by atoms with van der Waals surface area (Å²) in [5.41, 5.74) is 7.06. The molecule has 0 radical (unpaired) electrons. The van der Waals surface area contributed by atoms with E-state index in [2.05, 4.69) is 50.8 Å². The fraction of sp³-hybridized carbons (Fsp3) is 0.214. The highest BCUT2D eigenvalue weighted by atomic mass is 16.5. The fourth-order valence-corrected chi connectivity index (χ4v) is 4.36. The minimum atomic E-state index is -0.212. The number of rotatable bonds is 8. The van der Waals surface area contributed by atoms with E-state index in [-0.39, 0.29) is 12.5 Å². The summed E-state index contributed by atoms with van der Waals surface area (Å²) < 4.78 is 9.37. The van der Waals surface area contributed by atoms with Crippen molar-refractivity contribution < 1.29 is 9.53 Å². The lowest BCUT2D eigenvalue weighted by molar-refractivity contribution is -0.123. The van der Waals surface area contributed by atoms with Crippen LogP contribution >= 0.6 is 0 Å². The average molecular weight is 481 g/mol. The number of nitrogens with one attached hydrogen (secondary N) is 1. The molecule has 5 rings (SSSR count). The first kappa shape index (κ1) is 23.3. The summed E-state index contributed by atoms with van der Waals surface area (Å²) >= 11 is 0. The summed E-state index contributed by atoms with van der Waals surface area (Å²) in [6.45, 7) is 4.94. The van der Waals surface area contributed by atoms with E-state index in [1.807, 2.05) is 62.1 Å². The Morgan fingerprint density at radius 2 is 1.86 bits per heavy atom. The van der Waals surface area contributed by atoms with Crippen molar-refractivity contribution in [3.63, 3.8) is 0 Å². The maximum absolute atomic E-state index is 12.6. The minimum Gasteiger partial charge on any atom is -0.466 e. The van der Waals surface area contributed by atoms with Gasteiger partial charge >= 0.3 is 0 Å². The third-order valence-electron chi connectivity index (χ3n) is 6.09. The van der Waals surface area contributed by atoms with Gasteiger partial charge in [-0.3, -0.25) is 9.48 Å². The van der Waals surface area contributed by atoms with E-state index < -0.39 is 0 Å². The largest absolute Gasteiger partial charge is 0.466 e. The highest BCUT2D eigenvalue weighted by molar-refractivity contribution is 5.86. The number of benzene rings is 2. The number of fused-ring (bicyclic) bond motifs is 1. The predicted octanol–water partition coefficient (Wildman–Crippen LogP) is 4.19. The second kappa shape index (κ2) is 10.0. The van der Waals surface area contributed by atoms with Gasteiger partial charge in [-0.2, -0.15) is 5.10 Å². The minimum absolute atomic E-state index is 0.121. The molecule has 5 aromatic rings. The van der Waals surface area contributed by atoms with Crippen LogP contribution in [0.2, 0.25) is 0 Å². The zero-order valence-electron chi connectivity index (χ0n) is 20.6. The molecule has 0 aliphatic heterocycles. The van der Waals surface area contributed by atoms with Crippen molar-refractivity contribution in [3.05, 3.63) is 95.4 Å². The van der Waals surface area contributed by atoms with Crippen LogP contribution in [0.3, 0.4) is 0 Å². The van der Waals surface area contributed by atoms with Crippen LogP contribution in [-0.2, 0) is 24.9 Å². The fourth-order valence-electron chi connectivity index (χ4n) is 4.36. The third kappa shape index (κ3) is 4.98. The number of hydrogen-bond donors (Lipinski definition) is 1. The van der Waals surface area contributed by atoms with E-state index in [1.165, 1.54) is 5.56 Å². The van der Waals surface area contributed by atoms with Gasteiger partial charge in [0.05, 0.1) is 11.9 Å². The summed E-state index contributed by atoms with van der Waals surface area (Å²) in [5.74, 6) is 0.208. The smallest absolute Gasteiger partial charge is 0.258 e. The molecule has 3 aromatic heterocycles. The van der Waals surface area contributed by atoms with Crippen LogP contribution in [0.25, 0.3) is 22.2 Å². The molecule has 0 saturated carbocycles. The van der Waals surface area contributed by atoms with Crippen LogP contribution < -0.4 is 10.1 Å². The van der Waals surface area contributed by atoms with Crippen LogP contribution in [-0.4, -0.2) is 37.1 Å². The molecule has 8 nitrogen and oxygen atoms in total. The number of carbonyl (C=O) groups excluding carboxylic acids is 1. The van der Waals surface area contributed by atoms with Gasteiger partial charge in [0.15, 0.2) is 12.3 Å². The van der Waals surface area contributed by atoms with Gasteiger partial charge in [0.1, 0.15) is 0 Å². The van der Waals surface area contributed by atoms with Crippen molar-refractivity contribution in [2.75, 3.05) is 6.61 Å². The van der Waals surface area contributed by atoms with Crippen LogP contribution in [0, 0.1) is 13.8 Å². The van der Waals surface area contributed by atoms with Crippen molar-refractivity contribution in [1.82, 2.24) is 29.9 Å². The standard InChI is InChI=1S/C28H28N6O2/c1-19-15-20(2)31-27-26(19)28(32-33(27)3)36-18-25(35)29-16-23-7-4-5-8-24(23)22-11-9-21(10-12-22)17-34-14-6-13-30-34/h4-15H,16-18H2,1-3H3,(H,29,35). The lowest BCUT2D eigenvalue weighted by Gasteiger charge is -2.12. The highest BCUT2D eigenvalue weighted by Crippen LogP contribution is 2.27. The summed E-state index contributed by atoms with van der Waals surface area (Å²) in [4.78, 5) is 17.2. The number of aromatic nitrogens is 5. The molecule has 0 bridgehead atoms. The molecule has 0 fully saturated rings.